The molecule has 32 heavy (non-hydrogen) atoms. The third kappa shape index (κ3) is 4.44. The second-order valence-corrected chi connectivity index (χ2v) is 8.86. The van der Waals surface area contributed by atoms with E-state index in [1.165, 1.54) is 12.1 Å². The van der Waals surface area contributed by atoms with E-state index in [0.29, 0.717) is 24.0 Å². The molecule has 2 N–H and O–H groups in total. The number of fused-ring (bicyclic) bond motifs is 3. The van der Waals surface area contributed by atoms with E-state index < -0.39 is 29.7 Å². The van der Waals surface area contributed by atoms with E-state index in [0.717, 1.165) is 10.8 Å². The molecule has 1 heterocycles. The van der Waals surface area contributed by atoms with E-state index in [9.17, 15) is 23.2 Å². The normalized spacial score (nSPS) is 17.3. The van der Waals surface area contributed by atoms with Gasteiger partial charge in [-0.15, -0.1) is 0 Å². The number of nitrogens with one attached hydrogen (secondary N) is 2. The number of para-hydroxylation sites is 1. The molecule has 168 valence electrons. The van der Waals surface area contributed by atoms with Crippen LogP contribution in [0.25, 0.3) is 21.9 Å². The average Bonchev–Trinajstić information content (AvgIpc) is 3.40. The Morgan fingerprint density at radius 3 is 2.47 bits per heavy atom. The zero-order chi connectivity index (χ0) is 23.1. The molecule has 2 aromatic carbocycles. The van der Waals surface area contributed by atoms with Gasteiger partial charge in [0, 0.05) is 10.8 Å². The van der Waals surface area contributed by atoms with Crippen molar-refractivity contribution in [2.24, 2.45) is 5.92 Å². The van der Waals surface area contributed by atoms with Gasteiger partial charge in [0.25, 0.3) is 0 Å². The lowest BCUT2D eigenvalue weighted by Gasteiger charge is -2.29. The topological polar surface area (TPSA) is 78.1 Å². The zero-order valence-corrected chi connectivity index (χ0v) is 17.8. The average molecular weight is 443 g/mol. The number of rotatable bonds is 7. The van der Waals surface area contributed by atoms with Gasteiger partial charge in [0.2, 0.25) is 5.91 Å². The first-order chi connectivity index (χ1) is 15.1. The molecule has 3 aromatic rings. The fourth-order valence-corrected chi connectivity index (χ4v) is 3.94. The quantitative estimate of drug-likeness (QED) is 0.515. The van der Waals surface area contributed by atoms with Gasteiger partial charge in [-0.05, 0) is 42.9 Å². The van der Waals surface area contributed by atoms with E-state index in [4.69, 9.17) is 4.42 Å². The van der Waals surface area contributed by atoms with Crippen LogP contribution in [0, 0.1) is 17.2 Å². The van der Waals surface area contributed by atoms with Crippen LogP contribution in [0.1, 0.15) is 44.7 Å². The molecule has 1 fully saturated rings. The summed E-state index contributed by atoms with van der Waals surface area (Å²) in [5.41, 5.74) is -0.0351. The molecule has 0 radical (unpaired) electrons. The molecule has 4 rings (SSSR count). The van der Waals surface area contributed by atoms with Crippen LogP contribution in [0.15, 0.2) is 46.9 Å². The summed E-state index contributed by atoms with van der Waals surface area (Å²) in [5, 5.41) is 16.0. The standard InChI is InChI=1S/C24H24F3N3O2/c1-14(2)11-18(22(31)30-23(13-28)9-10-23)29-21(24(25,26)27)15-7-8-17-16-5-3-4-6-19(16)32-20(17)12-15/h3-8,12,14,18,21,29H,9-11H2,1-2H3,(H,30,31). The van der Waals surface area contributed by atoms with Crippen LogP contribution in [0.4, 0.5) is 13.2 Å². The first kappa shape index (κ1) is 22.2. The highest BCUT2D eigenvalue weighted by molar-refractivity contribution is 6.04. The number of amides is 1. The SMILES string of the molecule is CC(C)CC(NC(c1ccc2c(c1)oc1ccccc12)C(F)(F)F)C(=O)NC1(C#N)CC1. The number of carbonyl (C=O) groups excluding carboxylic acids is 1. The molecule has 1 aliphatic carbocycles. The molecule has 0 aliphatic heterocycles. The second kappa shape index (κ2) is 8.14. The number of benzene rings is 2. The monoisotopic (exact) mass is 443 g/mol. The minimum Gasteiger partial charge on any atom is -0.456 e. The maximum atomic E-state index is 14.1. The minimum absolute atomic E-state index is 0.0257. The molecule has 0 bridgehead atoms. The molecule has 1 aromatic heterocycles. The highest BCUT2D eigenvalue weighted by atomic mass is 19.4. The Morgan fingerprint density at radius 2 is 1.84 bits per heavy atom. The third-order valence-corrected chi connectivity index (χ3v) is 5.78. The van der Waals surface area contributed by atoms with Crippen LogP contribution >= 0.6 is 0 Å². The van der Waals surface area contributed by atoms with E-state index in [1.54, 1.807) is 18.2 Å². The van der Waals surface area contributed by atoms with Crippen molar-refractivity contribution in [1.29, 1.82) is 5.26 Å². The van der Waals surface area contributed by atoms with Gasteiger partial charge in [-0.1, -0.05) is 44.2 Å². The van der Waals surface area contributed by atoms with Crippen LogP contribution in [0.2, 0.25) is 0 Å². The zero-order valence-electron chi connectivity index (χ0n) is 17.8. The lowest BCUT2D eigenvalue weighted by atomic mass is 9.98. The second-order valence-electron chi connectivity index (χ2n) is 8.86. The Labute approximate surface area is 183 Å². The molecule has 1 amide bonds. The number of hydrogen-bond donors (Lipinski definition) is 2. The first-order valence-corrected chi connectivity index (χ1v) is 10.6. The third-order valence-electron chi connectivity index (χ3n) is 5.78. The van der Waals surface area contributed by atoms with Crippen LogP contribution in [0.3, 0.4) is 0 Å². The van der Waals surface area contributed by atoms with Crippen molar-refractivity contribution in [2.45, 2.75) is 56.9 Å². The fourth-order valence-electron chi connectivity index (χ4n) is 3.94. The van der Waals surface area contributed by atoms with Crippen molar-refractivity contribution >= 4 is 27.8 Å². The largest absolute Gasteiger partial charge is 0.456 e. The van der Waals surface area contributed by atoms with Crippen LogP contribution < -0.4 is 10.6 Å². The predicted octanol–water partition coefficient (Wildman–Crippen LogP) is 5.37. The van der Waals surface area contributed by atoms with Crippen LogP contribution in [0.5, 0.6) is 0 Å². The Hall–Kier alpha value is -3.05. The molecule has 1 saturated carbocycles. The number of nitrogens with zero attached hydrogens (tertiary/aromatic N) is 1. The van der Waals surface area contributed by atoms with Gasteiger partial charge in [-0.2, -0.15) is 18.4 Å². The molecule has 2 unspecified atom stereocenters. The Kier molecular flexibility index (Phi) is 5.63. The Balaban J connectivity index is 1.66. The lowest BCUT2D eigenvalue weighted by Crippen LogP contribution is -2.52. The fraction of sp³-hybridized carbons (Fsp3) is 0.417. The lowest BCUT2D eigenvalue weighted by molar-refractivity contribution is -0.161. The maximum Gasteiger partial charge on any atom is 0.407 e. The molecular weight excluding hydrogens is 419 g/mol. The smallest absolute Gasteiger partial charge is 0.407 e. The summed E-state index contributed by atoms with van der Waals surface area (Å²) in [7, 11) is 0. The highest BCUT2D eigenvalue weighted by Crippen LogP contribution is 2.38. The van der Waals surface area contributed by atoms with Crippen LogP contribution in [-0.2, 0) is 4.79 Å². The molecule has 1 aliphatic rings. The van der Waals surface area contributed by atoms with Crippen LogP contribution in [-0.4, -0.2) is 23.7 Å². The van der Waals surface area contributed by atoms with Gasteiger partial charge in [0.1, 0.15) is 22.7 Å². The molecule has 0 saturated heterocycles. The summed E-state index contributed by atoms with van der Waals surface area (Å²) in [4.78, 5) is 12.8. The van der Waals surface area contributed by atoms with E-state index in [1.807, 2.05) is 32.0 Å². The molecular formula is C24H24F3N3O2. The van der Waals surface area contributed by atoms with Crippen molar-refractivity contribution in [3.63, 3.8) is 0 Å². The molecule has 2 atom stereocenters. The van der Waals surface area contributed by atoms with Gasteiger partial charge in [0.05, 0.1) is 12.1 Å². The Bertz CT molecular complexity index is 1190. The molecule has 5 nitrogen and oxygen atoms in total. The predicted molar refractivity (Wildman–Crippen MR) is 115 cm³/mol. The summed E-state index contributed by atoms with van der Waals surface area (Å²) < 4.78 is 48.1. The van der Waals surface area contributed by atoms with Crippen molar-refractivity contribution in [2.75, 3.05) is 0 Å². The van der Waals surface area contributed by atoms with Crippen molar-refractivity contribution < 1.29 is 22.4 Å². The first-order valence-electron chi connectivity index (χ1n) is 10.6. The number of furan rings is 1. The van der Waals surface area contributed by atoms with Gasteiger partial charge < -0.3 is 9.73 Å². The summed E-state index contributed by atoms with van der Waals surface area (Å²) in [6.45, 7) is 3.67. The number of halogens is 3. The number of carbonyl (C=O) groups is 1. The molecule has 0 spiro atoms. The van der Waals surface area contributed by atoms with Gasteiger partial charge in [-0.25, -0.2) is 0 Å². The summed E-state index contributed by atoms with van der Waals surface area (Å²) >= 11 is 0. The summed E-state index contributed by atoms with van der Waals surface area (Å²) in [5.74, 6) is -0.612. The summed E-state index contributed by atoms with van der Waals surface area (Å²) in [6.07, 6.45) is -3.42. The highest BCUT2D eigenvalue weighted by Gasteiger charge is 2.47. The van der Waals surface area contributed by atoms with Crippen molar-refractivity contribution in [3.05, 3.63) is 48.0 Å². The number of hydrogen-bond acceptors (Lipinski definition) is 4. The van der Waals surface area contributed by atoms with Gasteiger partial charge in [-0.3, -0.25) is 10.1 Å². The molecule has 8 heteroatoms. The number of alkyl halides is 3. The minimum atomic E-state index is -4.64. The number of nitriles is 1. The Morgan fingerprint density at radius 1 is 1.16 bits per heavy atom. The van der Waals surface area contributed by atoms with E-state index in [2.05, 4.69) is 10.6 Å². The van der Waals surface area contributed by atoms with Gasteiger partial charge >= 0.3 is 6.18 Å². The van der Waals surface area contributed by atoms with Gasteiger partial charge in [0.15, 0.2) is 0 Å². The van der Waals surface area contributed by atoms with E-state index in [-0.39, 0.29) is 17.9 Å². The maximum absolute atomic E-state index is 14.1. The van der Waals surface area contributed by atoms with Crippen molar-refractivity contribution in [3.8, 4) is 6.07 Å². The summed E-state index contributed by atoms with van der Waals surface area (Å²) in [6, 6.07) is 10.5. The van der Waals surface area contributed by atoms with E-state index >= 15 is 0 Å². The van der Waals surface area contributed by atoms with Crippen molar-refractivity contribution in [1.82, 2.24) is 10.6 Å².